The fourth-order valence-corrected chi connectivity index (χ4v) is 4.00. The smallest absolute Gasteiger partial charge is 0.245 e. The molecule has 0 N–H and O–H groups in total. The molecule has 3 aliphatic rings. The summed E-state index contributed by atoms with van der Waals surface area (Å²) in [5, 5.41) is 0. The fourth-order valence-electron chi connectivity index (χ4n) is 4.00. The number of anilines is 1. The highest BCUT2D eigenvalue weighted by Gasteiger charge is 2.62. The second-order valence-electron chi connectivity index (χ2n) is 6.89. The van der Waals surface area contributed by atoms with E-state index >= 15 is 0 Å². The van der Waals surface area contributed by atoms with E-state index in [4.69, 9.17) is 0 Å². The number of hydrogen-bond donors (Lipinski definition) is 0. The Kier molecular flexibility index (Phi) is 3.25. The topological polar surface area (TPSA) is 53.0 Å². The van der Waals surface area contributed by atoms with Crippen LogP contribution in [0.25, 0.3) is 0 Å². The number of amides is 2. The summed E-state index contributed by atoms with van der Waals surface area (Å²) in [4.78, 5) is 34.2. The average molecular weight is 311 g/mol. The van der Waals surface area contributed by atoms with Crippen LogP contribution in [0.5, 0.6) is 0 Å². The van der Waals surface area contributed by atoms with Gasteiger partial charge in [-0.25, -0.2) is 4.90 Å². The molecule has 0 saturated carbocycles. The number of rotatable bonds is 1. The molecule has 1 aromatic carbocycles. The zero-order chi connectivity index (χ0) is 16.0. The first kappa shape index (κ1) is 14.4. The summed E-state index contributed by atoms with van der Waals surface area (Å²) in [6, 6.07) is 9.23. The van der Waals surface area contributed by atoms with E-state index in [2.05, 4.69) is 9.89 Å². The van der Waals surface area contributed by atoms with Crippen LogP contribution in [0.3, 0.4) is 0 Å². The van der Waals surface area contributed by atoms with Crippen molar-refractivity contribution in [2.45, 2.75) is 26.2 Å². The maximum Gasteiger partial charge on any atom is 0.245 e. The largest absolute Gasteiger partial charge is 0.360 e. The van der Waals surface area contributed by atoms with E-state index in [1.165, 1.54) is 11.3 Å². The number of amidine groups is 1. The normalized spacial score (nSPS) is 30.7. The second kappa shape index (κ2) is 5.18. The summed E-state index contributed by atoms with van der Waals surface area (Å²) in [5.41, 5.74) is -0.0594. The van der Waals surface area contributed by atoms with Crippen LogP contribution < -0.4 is 4.90 Å². The van der Waals surface area contributed by atoms with Gasteiger partial charge in [-0.3, -0.25) is 14.6 Å². The van der Waals surface area contributed by atoms with Gasteiger partial charge in [0.1, 0.15) is 11.8 Å². The van der Waals surface area contributed by atoms with Gasteiger partial charge in [0.2, 0.25) is 11.8 Å². The third-order valence-corrected chi connectivity index (χ3v) is 5.32. The molecule has 5 heteroatoms. The standard InChI is InChI=1S/C18H21N3O2/c1-18-12-19-15(20-10-6-3-7-11-20)14(18)16(22)21(17(18)23)13-8-4-2-5-9-13/h2,4-5,8-9,14H,3,6-7,10-12H2,1H3. The highest BCUT2D eigenvalue weighted by Crippen LogP contribution is 2.45. The number of nitrogens with zero attached hydrogens (tertiary/aromatic N) is 3. The van der Waals surface area contributed by atoms with E-state index in [-0.39, 0.29) is 11.8 Å². The average Bonchev–Trinajstić information content (AvgIpc) is 3.03. The van der Waals surface area contributed by atoms with Crippen molar-refractivity contribution in [3.05, 3.63) is 30.3 Å². The summed E-state index contributed by atoms with van der Waals surface area (Å²) in [6.45, 7) is 4.19. The van der Waals surface area contributed by atoms with Crippen LogP contribution in [0.1, 0.15) is 26.2 Å². The first-order chi connectivity index (χ1) is 11.1. The van der Waals surface area contributed by atoms with Crippen LogP contribution in [-0.4, -0.2) is 42.2 Å². The van der Waals surface area contributed by atoms with E-state index in [9.17, 15) is 9.59 Å². The second-order valence-corrected chi connectivity index (χ2v) is 6.89. The van der Waals surface area contributed by atoms with Crippen molar-refractivity contribution in [2.24, 2.45) is 16.3 Å². The quantitative estimate of drug-likeness (QED) is 0.746. The van der Waals surface area contributed by atoms with Crippen molar-refractivity contribution in [3.63, 3.8) is 0 Å². The number of likely N-dealkylation sites (tertiary alicyclic amines) is 1. The van der Waals surface area contributed by atoms with Gasteiger partial charge in [-0.15, -0.1) is 0 Å². The van der Waals surface area contributed by atoms with Gasteiger partial charge < -0.3 is 4.90 Å². The van der Waals surface area contributed by atoms with Crippen LogP contribution in [0.4, 0.5) is 5.69 Å². The van der Waals surface area contributed by atoms with Gasteiger partial charge in [0.25, 0.3) is 0 Å². The number of carbonyl (C=O) groups excluding carboxylic acids is 2. The van der Waals surface area contributed by atoms with Gasteiger partial charge in [-0.1, -0.05) is 18.2 Å². The molecule has 3 heterocycles. The van der Waals surface area contributed by atoms with Crippen LogP contribution in [0, 0.1) is 11.3 Å². The molecule has 0 bridgehead atoms. The Morgan fingerprint density at radius 2 is 1.78 bits per heavy atom. The van der Waals surface area contributed by atoms with E-state index in [0.29, 0.717) is 12.2 Å². The molecule has 2 atom stereocenters. The lowest BCUT2D eigenvalue weighted by Gasteiger charge is -2.31. The fraction of sp³-hybridized carbons (Fsp3) is 0.500. The number of piperidine rings is 1. The lowest BCUT2D eigenvalue weighted by Crippen LogP contribution is -2.43. The molecule has 0 spiro atoms. The zero-order valence-corrected chi connectivity index (χ0v) is 13.4. The Morgan fingerprint density at radius 1 is 1.09 bits per heavy atom. The van der Waals surface area contributed by atoms with E-state index in [1.54, 1.807) is 0 Å². The summed E-state index contributed by atoms with van der Waals surface area (Å²) in [7, 11) is 0. The van der Waals surface area contributed by atoms with Crippen LogP contribution in [-0.2, 0) is 9.59 Å². The minimum absolute atomic E-state index is 0.116. The molecule has 23 heavy (non-hydrogen) atoms. The minimum atomic E-state index is -0.723. The molecule has 4 rings (SSSR count). The first-order valence-corrected chi connectivity index (χ1v) is 8.36. The molecule has 5 nitrogen and oxygen atoms in total. The molecule has 3 aliphatic heterocycles. The van der Waals surface area contributed by atoms with Crippen LogP contribution in [0.15, 0.2) is 35.3 Å². The Hall–Kier alpha value is -2.17. The molecule has 2 unspecified atom stereocenters. The van der Waals surface area contributed by atoms with Crippen LogP contribution >= 0.6 is 0 Å². The number of imide groups is 1. The van der Waals surface area contributed by atoms with Crippen molar-refractivity contribution in [2.75, 3.05) is 24.5 Å². The zero-order valence-electron chi connectivity index (χ0n) is 13.4. The molecule has 0 aromatic heterocycles. The molecule has 2 saturated heterocycles. The number of fused-ring (bicyclic) bond motifs is 1. The molecule has 2 fully saturated rings. The van der Waals surface area contributed by atoms with Crippen molar-refractivity contribution in [1.29, 1.82) is 0 Å². The summed E-state index contributed by atoms with van der Waals surface area (Å²) in [6.07, 6.45) is 3.49. The van der Waals surface area contributed by atoms with Gasteiger partial charge in [0, 0.05) is 13.1 Å². The monoisotopic (exact) mass is 311 g/mol. The predicted octanol–water partition coefficient (Wildman–Crippen LogP) is 2.08. The molecule has 120 valence electrons. The van der Waals surface area contributed by atoms with Gasteiger partial charge in [-0.05, 0) is 38.3 Å². The summed E-state index contributed by atoms with van der Waals surface area (Å²) in [5.74, 6) is 0.178. The third-order valence-electron chi connectivity index (χ3n) is 5.32. The predicted molar refractivity (Wildman–Crippen MR) is 88.3 cm³/mol. The van der Waals surface area contributed by atoms with Crippen molar-refractivity contribution >= 4 is 23.3 Å². The third kappa shape index (κ3) is 2.02. The molecular weight excluding hydrogens is 290 g/mol. The van der Waals surface area contributed by atoms with Crippen LogP contribution in [0.2, 0.25) is 0 Å². The molecule has 0 radical (unpaired) electrons. The molecule has 1 aromatic rings. The maximum absolute atomic E-state index is 13.1. The highest BCUT2D eigenvalue weighted by molar-refractivity contribution is 6.30. The van der Waals surface area contributed by atoms with E-state index < -0.39 is 11.3 Å². The lowest BCUT2D eigenvalue weighted by atomic mass is 9.80. The molecule has 2 amide bonds. The number of benzene rings is 1. The Morgan fingerprint density at radius 3 is 2.48 bits per heavy atom. The van der Waals surface area contributed by atoms with Gasteiger partial charge in [-0.2, -0.15) is 0 Å². The lowest BCUT2D eigenvalue weighted by molar-refractivity contribution is -0.124. The number of carbonyl (C=O) groups is 2. The van der Waals surface area contributed by atoms with Crippen molar-refractivity contribution in [3.8, 4) is 0 Å². The van der Waals surface area contributed by atoms with Crippen molar-refractivity contribution < 1.29 is 9.59 Å². The molecule has 0 aliphatic carbocycles. The first-order valence-electron chi connectivity index (χ1n) is 8.36. The van der Waals surface area contributed by atoms with Crippen molar-refractivity contribution in [1.82, 2.24) is 4.90 Å². The number of hydrogen-bond acceptors (Lipinski definition) is 4. The van der Waals surface area contributed by atoms with E-state index in [0.717, 1.165) is 31.8 Å². The minimum Gasteiger partial charge on any atom is -0.360 e. The van der Waals surface area contributed by atoms with E-state index in [1.807, 2.05) is 37.3 Å². The highest BCUT2D eigenvalue weighted by atomic mass is 16.2. The Bertz CT molecular complexity index is 679. The number of para-hydroxylation sites is 1. The summed E-state index contributed by atoms with van der Waals surface area (Å²) >= 11 is 0. The Labute approximate surface area is 136 Å². The Balaban J connectivity index is 1.69. The van der Waals surface area contributed by atoms with Gasteiger partial charge in [0.15, 0.2) is 0 Å². The maximum atomic E-state index is 13.1. The van der Waals surface area contributed by atoms with Gasteiger partial charge >= 0.3 is 0 Å². The van der Waals surface area contributed by atoms with Gasteiger partial charge in [0.05, 0.1) is 17.6 Å². The number of aliphatic imine (C=N–C) groups is 1. The summed E-state index contributed by atoms with van der Waals surface area (Å²) < 4.78 is 0. The molecular formula is C18H21N3O2. The SMILES string of the molecule is CC12CN=C(N3CCCCC3)C1C(=O)N(c1ccccc1)C2=O.